The van der Waals surface area contributed by atoms with Gasteiger partial charge in [0.1, 0.15) is 24.4 Å². The van der Waals surface area contributed by atoms with Gasteiger partial charge in [-0.15, -0.1) is 0 Å². The molecule has 15 heavy (non-hydrogen) atoms. The monoisotopic (exact) mass is 244 g/mol. The van der Waals surface area contributed by atoms with Gasteiger partial charge in [-0.05, 0) is 0 Å². The van der Waals surface area contributed by atoms with E-state index < -0.39 is 38.8 Å². The Labute approximate surface area is 85.3 Å². The standard InChI is InChI=1S/C6H13O8P/c7-3-1-13-4(6(9)5(3)8)2-14-15(10,11)12/h3-9H,1-2H2,(H2,10,11,12)/t3-,4+,5+,6+/m0/s1. The molecule has 0 aromatic rings. The van der Waals surface area contributed by atoms with E-state index in [1.165, 1.54) is 0 Å². The molecule has 0 aromatic carbocycles. The van der Waals surface area contributed by atoms with Crippen molar-refractivity contribution in [3.05, 3.63) is 0 Å². The first-order valence-corrected chi connectivity index (χ1v) is 5.70. The van der Waals surface area contributed by atoms with Gasteiger partial charge in [0.15, 0.2) is 0 Å². The van der Waals surface area contributed by atoms with Crippen molar-refractivity contribution in [2.45, 2.75) is 24.4 Å². The highest BCUT2D eigenvalue weighted by Crippen LogP contribution is 2.36. The van der Waals surface area contributed by atoms with Gasteiger partial charge in [-0.3, -0.25) is 4.52 Å². The fourth-order valence-corrected chi connectivity index (χ4v) is 1.53. The summed E-state index contributed by atoms with van der Waals surface area (Å²) in [7, 11) is -4.63. The van der Waals surface area contributed by atoms with E-state index in [0.29, 0.717) is 0 Å². The molecule has 9 heteroatoms. The zero-order valence-electron chi connectivity index (χ0n) is 7.63. The largest absolute Gasteiger partial charge is 0.469 e. The van der Waals surface area contributed by atoms with Gasteiger partial charge in [-0.1, -0.05) is 0 Å². The highest BCUT2D eigenvalue weighted by Gasteiger charge is 2.38. The van der Waals surface area contributed by atoms with Crippen LogP contribution in [0.4, 0.5) is 0 Å². The van der Waals surface area contributed by atoms with Gasteiger partial charge in [0.25, 0.3) is 0 Å². The molecule has 4 atom stereocenters. The van der Waals surface area contributed by atoms with E-state index in [4.69, 9.17) is 19.6 Å². The number of phosphoric acid groups is 1. The van der Waals surface area contributed by atoms with Crippen LogP contribution in [0.2, 0.25) is 0 Å². The van der Waals surface area contributed by atoms with E-state index in [0.717, 1.165) is 0 Å². The van der Waals surface area contributed by atoms with Crippen molar-refractivity contribution in [1.29, 1.82) is 0 Å². The summed E-state index contributed by atoms with van der Waals surface area (Å²) in [6.07, 6.45) is -5.15. The molecule has 0 aliphatic carbocycles. The Morgan fingerprint density at radius 2 is 1.87 bits per heavy atom. The molecule has 1 rings (SSSR count). The molecule has 1 aliphatic heterocycles. The van der Waals surface area contributed by atoms with Crippen molar-refractivity contribution in [2.24, 2.45) is 0 Å². The number of rotatable bonds is 3. The van der Waals surface area contributed by atoms with Crippen molar-refractivity contribution in [3.63, 3.8) is 0 Å². The summed E-state index contributed by atoms with van der Waals surface area (Å²) in [6, 6.07) is 0. The molecule has 0 spiro atoms. The molecule has 5 N–H and O–H groups in total. The summed E-state index contributed by atoms with van der Waals surface area (Å²) in [6.45, 7) is -0.789. The maximum Gasteiger partial charge on any atom is 0.469 e. The molecule has 1 saturated heterocycles. The zero-order chi connectivity index (χ0) is 11.6. The van der Waals surface area contributed by atoms with Gasteiger partial charge in [-0.2, -0.15) is 0 Å². The number of aliphatic hydroxyl groups excluding tert-OH is 3. The lowest BCUT2D eigenvalue weighted by Crippen LogP contribution is -2.54. The lowest BCUT2D eigenvalue weighted by molar-refractivity contribution is -0.194. The van der Waals surface area contributed by atoms with E-state index in [1.807, 2.05) is 0 Å². The molecule has 0 amide bonds. The third-order valence-electron chi connectivity index (χ3n) is 2.01. The third kappa shape index (κ3) is 3.78. The van der Waals surface area contributed by atoms with Gasteiger partial charge in [-0.25, -0.2) is 4.57 Å². The van der Waals surface area contributed by atoms with Crippen LogP contribution in [0.25, 0.3) is 0 Å². The molecule has 0 saturated carbocycles. The summed E-state index contributed by atoms with van der Waals surface area (Å²) in [5, 5.41) is 27.6. The summed E-state index contributed by atoms with van der Waals surface area (Å²) in [5.41, 5.74) is 0. The maximum atomic E-state index is 10.3. The summed E-state index contributed by atoms with van der Waals surface area (Å²) in [4.78, 5) is 16.8. The van der Waals surface area contributed by atoms with E-state index in [2.05, 4.69) is 4.52 Å². The van der Waals surface area contributed by atoms with E-state index in [1.54, 1.807) is 0 Å². The van der Waals surface area contributed by atoms with E-state index in [-0.39, 0.29) is 6.61 Å². The smallest absolute Gasteiger partial charge is 0.388 e. The Morgan fingerprint density at radius 3 is 2.40 bits per heavy atom. The van der Waals surface area contributed by atoms with Crippen molar-refractivity contribution in [3.8, 4) is 0 Å². The normalized spacial score (nSPS) is 37.9. The summed E-state index contributed by atoms with van der Waals surface area (Å²) >= 11 is 0. The lowest BCUT2D eigenvalue weighted by atomic mass is 10.0. The van der Waals surface area contributed by atoms with Crippen molar-refractivity contribution in [1.82, 2.24) is 0 Å². The van der Waals surface area contributed by atoms with Crippen LogP contribution >= 0.6 is 7.82 Å². The Bertz CT molecular complexity index is 252. The van der Waals surface area contributed by atoms with Crippen LogP contribution in [0, 0.1) is 0 Å². The average molecular weight is 244 g/mol. The third-order valence-corrected chi connectivity index (χ3v) is 2.50. The molecule has 8 nitrogen and oxygen atoms in total. The Morgan fingerprint density at radius 1 is 1.27 bits per heavy atom. The molecule has 1 fully saturated rings. The number of phosphoric ester groups is 1. The summed E-state index contributed by atoms with van der Waals surface area (Å²) < 4.78 is 19.3. The molecule has 1 heterocycles. The molecule has 0 bridgehead atoms. The second-order valence-electron chi connectivity index (χ2n) is 3.21. The molecule has 0 unspecified atom stereocenters. The lowest BCUT2D eigenvalue weighted by Gasteiger charge is -2.34. The highest BCUT2D eigenvalue weighted by atomic mass is 31.2. The van der Waals surface area contributed by atoms with Gasteiger partial charge >= 0.3 is 7.82 Å². The van der Waals surface area contributed by atoms with Crippen LogP contribution in [0.15, 0.2) is 0 Å². The Kier molecular flexibility index (Phi) is 4.21. The quantitative estimate of drug-likeness (QED) is 0.346. The minimum absolute atomic E-state index is 0.229. The molecule has 0 aromatic heterocycles. The van der Waals surface area contributed by atoms with E-state index in [9.17, 15) is 14.8 Å². The first-order chi connectivity index (χ1) is 6.81. The fraction of sp³-hybridized carbons (Fsp3) is 1.00. The van der Waals surface area contributed by atoms with Crippen LogP contribution in [0.5, 0.6) is 0 Å². The fourth-order valence-electron chi connectivity index (χ4n) is 1.18. The van der Waals surface area contributed by atoms with E-state index >= 15 is 0 Å². The topological polar surface area (TPSA) is 137 Å². The van der Waals surface area contributed by atoms with Crippen molar-refractivity contribution < 1.29 is 38.9 Å². The van der Waals surface area contributed by atoms with Crippen LogP contribution in [-0.2, 0) is 13.8 Å². The average Bonchev–Trinajstić information content (AvgIpc) is 2.12. The number of hydrogen-bond donors (Lipinski definition) is 5. The summed E-state index contributed by atoms with van der Waals surface area (Å²) in [5.74, 6) is 0. The maximum absolute atomic E-state index is 10.3. The predicted molar refractivity (Wildman–Crippen MR) is 45.8 cm³/mol. The van der Waals surface area contributed by atoms with Crippen molar-refractivity contribution >= 4 is 7.82 Å². The second kappa shape index (κ2) is 4.86. The predicted octanol–water partition coefficient (Wildman–Crippen LogP) is -2.42. The molecule has 0 radical (unpaired) electrons. The van der Waals surface area contributed by atoms with Crippen molar-refractivity contribution in [2.75, 3.05) is 13.2 Å². The highest BCUT2D eigenvalue weighted by molar-refractivity contribution is 7.46. The van der Waals surface area contributed by atoms with Crippen LogP contribution in [-0.4, -0.2) is 62.7 Å². The van der Waals surface area contributed by atoms with Gasteiger partial charge < -0.3 is 29.8 Å². The van der Waals surface area contributed by atoms with Gasteiger partial charge in [0.2, 0.25) is 0 Å². The first kappa shape index (κ1) is 13.0. The van der Waals surface area contributed by atoms with Gasteiger partial charge in [0.05, 0.1) is 13.2 Å². The molecular formula is C6H13O8P. The minimum atomic E-state index is -4.63. The van der Waals surface area contributed by atoms with Crippen LogP contribution in [0.1, 0.15) is 0 Å². The Hall–Kier alpha value is -0.0500. The second-order valence-corrected chi connectivity index (χ2v) is 4.45. The minimum Gasteiger partial charge on any atom is -0.388 e. The first-order valence-electron chi connectivity index (χ1n) is 4.17. The zero-order valence-corrected chi connectivity index (χ0v) is 8.53. The molecule has 1 aliphatic rings. The number of ether oxygens (including phenoxy) is 1. The molecule has 90 valence electrons. The van der Waals surface area contributed by atoms with Crippen LogP contribution < -0.4 is 0 Å². The molecular weight excluding hydrogens is 231 g/mol. The number of aliphatic hydroxyl groups is 3. The van der Waals surface area contributed by atoms with Crippen LogP contribution in [0.3, 0.4) is 0 Å². The van der Waals surface area contributed by atoms with Gasteiger partial charge in [0, 0.05) is 0 Å². The Balaban J connectivity index is 2.46. The SMILES string of the molecule is O=P(O)(O)OC[C@H]1OC[C@H](O)[C@@H](O)[C@@H]1O. The number of hydrogen-bond acceptors (Lipinski definition) is 6.